The Hall–Kier alpha value is -0.680. The summed E-state index contributed by atoms with van der Waals surface area (Å²) in [6, 6.07) is 3.84. The molecule has 0 unspecified atom stereocenters. The molecule has 0 atom stereocenters. The van der Waals surface area contributed by atoms with E-state index in [9.17, 15) is 0 Å². The molecule has 0 amide bonds. The molecule has 0 aromatic carbocycles. The van der Waals surface area contributed by atoms with E-state index in [1.54, 1.807) is 0 Å². The van der Waals surface area contributed by atoms with Crippen molar-refractivity contribution in [3.05, 3.63) is 29.0 Å². The first kappa shape index (κ1) is 13.7. The zero-order valence-corrected chi connectivity index (χ0v) is 11.1. The molecular weight excluding hydrogens is 252 g/mol. The summed E-state index contributed by atoms with van der Waals surface area (Å²) in [7, 11) is 0. The number of ether oxygens (including phenoxy) is 1. The number of piperidine rings is 1. The Kier molecular flexibility index (Phi) is 5.38. The van der Waals surface area contributed by atoms with Gasteiger partial charge in [-0.2, -0.15) is 0 Å². The maximum atomic E-state index is 8.71. The average molecular weight is 271 g/mol. The smallest absolute Gasteiger partial charge is 0.129 e. The first-order valence-electron chi connectivity index (χ1n) is 6.33. The Morgan fingerprint density at radius 3 is 2.78 bits per heavy atom. The summed E-state index contributed by atoms with van der Waals surface area (Å²) in [5.74, 6) is 0. The number of hydrogen-bond acceptors (Lipinski definition) is 4. The predicted molar refractivity (Wildman–Crippen MR) is 70.6 cm³/mol. The van der Waals surface area contributed by atoms with Crippen LogP contribution in [0.25, 0.3) is 0 Å². The molecule has 0 radical (unpaired) electrons. The van der Waals surface area contributed by atoms with Crippen molar-refractivity contribution in [1.29, 1.82) is 0 Å². The second-order valence-corrected chi connectivity index (χ2v) is 4.95. The molecule has 1 saturated heterocycles. The van der Waals surface area contributed by atoms with E-state index in [0.29, 0.717) is 17.9 Å². The normalized spacial score (nSPS) is 18.1. The molecule has 2 rings (SSSR count). The Bertz CT molecular complexity index is 351. The number of rotatable bonds is 5. The van der Waals surface area contributed by atoms with Crippen molar-refractivity contribution in [2.24, 2.45) is 0 Å². The molecule has 2 heterocycles. The molecule has 1 fully saturated rings. The lowest BCUT2D eigenvalue weighted by Gasteiger charge is -2.31. The maximum absolute atomic E-state index is 8.71. The molecule has 0 aliphatic carbocycles. The number of nitrogens with zero attached hydrogens (tertiary/aromatic N) is 2. The van der Waals surface area contributed by atoms with Crippen LogP contribution in [-0.4, -0.2) is 47.4 Å². The number of aliphatic hydroxyl groups is 1. The topological polar surface area (TPSA) is 45.6 Å². The van der Waals surface area contributed by atoms with Crippen molar-refractivity contribution in [1.82, 2.24) is 9.88 Å². The van der Waals surface area contributed by atoms with Crippen LogP contribution in [0.15, 0.2) is 18.3 Å². The van der Waals surface area contributed by atoms with Gasteiger partial charge in [0.05, 0.1) is 19.3 Å². The van der Waals surface area contributed by atoms with Crippen LogP contribution in [-0.2, 0) is 11.3 Å². The molecule has 1 aliphatic rings. The summed E-state index contributed by atoms with van der Waals surface area (Å²) in [6.07, 6.45) is 4.19. The quantitative estimate of drug-likeness (QED) is 0.828. The standard InChI is InChI=1S/C13H19ClN2O2/c14-13-2-1-11(9-15-13)10-16-5-3-12(4-6-16)18-8-7-17/h1-2,9,12,17H,3-8,10H2. The van der Waals surface area contributed by atoms with Crippen molar-refractivity contribution < 1.29 is 9.84 Å². The van der Waals surface area contributed by atoms with Gasteiger partial charge >= 0.3 is 0 Å². The van der Waals surface area contributed by atoms with Crippen molar-refractivity contribution in [3.8, 4) is 0 Å². The fraction of sp³-hybridized carbons (Fsp3) is 0.615. The summed E-state index contributed by atoms with van der Waals surface area (Å²) in [6.45, 7) is 3.52. The fourth-order valence-electron chi connectivity index (χ4n) is 2.21. The Morgan fingerprint density at radius 2 is 2.17 bits per heavy atom. The van der Waals surface area contributed by atoms with Gasteiger partial charge in [-0.25, -0.2) is 4.98 Å². The number of hydrogen-bond donors (Lipinski definition) is 1. The van der Waals surface area contributed by atoms with E-state index in [0.717, 1.165) is 32.5 Å². The van der Waals surface area contributed by atoms with Crippen LogP contribution in [0.5, 0.6) is 0 Å². The van der Waals surface area contributed by atoms with E-state index in [1.807, 2.05) is 18.3 Å². The number of aromatic nitrogens is 1. The zero-order chi connectivity index (χ0) is 12.8. The minimum Gasteiger partial charge on any atom is -0.394 e. The van der Waals surface area contributed by atoms with E-state index in [1.165, 1.54) is 5.56 Å². The molecule has 4 nitrogen and oxygen atoms in total. The van der Waals surface area contributed by atoms with E-state index < -0.39 is 0 Å². The SMILES string of the molecule is OCCOC1CCN(Cc2ccc(Cl)nc2)CC1. The Balaban J connectivity index is 1.74. The lowest BCUT2D eigenvalue weighted by Crippen LogP contribution is -2.36. The van der Waals surface area contributed by atoms with Gasteiger partial charge < -0.3 is 9.84 Å². The van der Waals surface area contributed by atoms with Crippen LogP contribution in [0.2, 0.25) is 5.15 Å². The number of likely N-dealkylation sites (tertiary alicyclic amines) is 1. The summed E-state index contributed by atoms with van der Waals surface area (Å²) in [5, 5.41) is 9.25. The van der Waals surface area contributed by atoms with Crippen molar-refractivity contribution >= 4 is 11.6 Å². The van der Waals surface area contributed by atoms with E-state index in [2.05, 4.69) is 9.88 Å². The van der Waals surface area contributed by atoms with Gasteiger partial charge in [-0.1, -0.05) is 17.7 Å². The highest BCUT2D eigenvalue weighted by atomic mass is 35.5. The monoisotopic (exact) mass is 270 g/mol. The van der Waals surface area contributed by atoms with E-state index in [-0.39, 0.29) is 6.61 Å². The van der Waals surface area contributed by atoms with Gasteiger partial charge in [0.15, 0.2) is 0 Å². The molecule has 5 heteroatoms. The lowest BCUT2D eigenvalue weighted by molar-refractivity contribution is -0.00902. The molecule has 0 spiro atoms. The molecule has 100 valence electrons. The van der Waals surface area contributed by atoms with Crippen molar-refractivity contribution in [2.75, 3.05) is 26.3 Å². The third-order valence-electron chi connectivity index (χ3n) is 3.17. The molecule has 0 bridgehead atoms. The van der Waals surface area contributed by atoms with Gasteiger partial charge in [0.25, 0.3) is 0 Å². The highest BCUT2D eigenvalue weighted by Gasteiger charge is 2.19. The summed E-state index contributed by atoms with van der Waals surface area (Å²) >= 11 is 5.76. The molecule has 0 saturated carbocycles. The first-order chi connectivity index (χ1) is 8.78. The predicted octanol–water partition coefficient (Wildman–Crippen LogP) is 1.71. The van der Waals surface area contributed by atoms with Crippen LogP contribution < -0.4 is 0 Å². The molecule has 1 N–H and O–H groups in total. The Labute approximate surface area is 113 Å². The van der Waals surface area contributed by atoms with Gasteiger partial charge in [0.2, 0.25) is 0 Å². The summed E-state index contributed by atoms with van der Waals surface area (Å²) in [4.78, 5) is 6.48. The fourth-order valence-corrected chi connectivity index (χ4v) is 2.32. The van der Waals surface area contributed by atoms with Crippen LogP contribution in [0.1, 0.15) is 18.4 Å². The third-order valence-corrected chi connectivity index (χ3v) is 3.40. The van der Waals surface area contributed by atoms with Gasteiger partial charge in [-0.3, -0.25) is 4.90 Å². The van der Waals surface area contributed by atoms with E-state index in [4.69, 9.17) is 21.4 Å². The molecule has 18 heavy (non-hydrogen) atoms. The zero-order valence-electron chi connectivity index (χ0n) is 10.4. The van der Waals surface area contributed by atoms with Crippen LogP contribution in [0, 0.1) is 0 Å². The minimum atomic E-state index is 0.108. The summed E-state index contributed by atoms with van der Waals surface area (Å²) < 4.78 is 5.54. The number of aliphatic hydroxyl groups excluding tert-OH is 1. The Morgan fingerprint density at radius 1 is 1.39 bits per heavy atom. The largest absolute Gasteiger partial charge is 0.394 e. The number of pyridine rings is 1. The minimum absolute atomic E-state index is 0.108. The van der Waals surface area contributed by atoms with Gasteiger partial charge in [0, 0.05) is 25.8 Å². The third kappa shape index (κ3) is 4.21. The van der Waals surface area contributed by atoms with Crippen molar-refractivity contribution in [3.63, 3.8) is 0 Å². The van der Waals surface area contributed by atoms with Crippen LogP contribution in [0.4, 0.5) is 0 Å². The highest BCUT2D eigenvalue weighted by molar-refractivity contribution is 6.29. The second-order valence-electron chi connectivity index (χ2n) is 4.56. The molecular formula is C13H19ClN2O2. The second kappa shape index (κ2) is 7.04. The highest BCUT2D eigenvalue weighted by Crippen LogP contribution is 2.16. The average Bonchev–Trinajstić information content (AvgIpc) is 2.41. The number of halogens is 1. The van der Waals surface area contributed by atoms with Gasteiger partial charge in [-0.15, -0.1) is 0 Å². The maximum Gasteiger partial charge on any atom is 0.129 e. The van der Waals surface area contributed by atoms with Crippen LogP contribution >= 0.6 is 11.6 Å². The van der Waals surface area contributed by atoms with Gasteiger partial charge in [-0.05, 0) is 24.5 Å². The lowest BCUT2D eigenvalue weighted by atomic mass is 10.1. The summed E-state index contributed by atoms with van der Waals surface area (Å²) in [5.41, 5.74) is 1.19. The molecule has 1 aromatic rings. The van der Waals surface area contributed by atoms with Crippen molar-refractivity contribution in [2.45, 2.75) is 25.5 Å². The molecule has 1 aromatic heterocycles. The van der Waals surface area contributed by atoms with E-state index >= 15 is 0 Å². The molecule has 1 aliphatic heterocycles. The van der Waals surface area contributed by atoms with Crippen LogP contribution in [0.3, 0.4) is 0 Å². The van der Waals surface area contributed by atoms with Gasteiger partial charge in [0.1, 0.15) is 5.15 Å². The first-order valence-corrected chi connectivity index (χ1v) is 6.71.